The summed E-state index contributed by atoms with van der Waals surface area (Å²) in [7, 11) is -2.20. The van der Waals surface area contributed by atoms with Crippen molar-refractivity contribution in [1.29, 1.82) is 0 Å². The third-order valence-electron chi connectivity index (χ3n) is 7.14. The van der Waals surface area contributed by atoms with Gasteiger partial charge in [0.15, 0.2) is 0 Å². The van der Waals surface area contributed by atoms with E-state index in [1.165, 1.54) is 4.90 Å². The minimum absolute atomic E-state index is 0.242. The Balaban J connectivity index is 1.38. The highest BCUT2D eigenvalue weighted by atomic mass is 16.5. The summed E-state index contributed by atoms with van der Waals surface area (Å²) in [4.78, 5) is 39.7. The Morgan fingerprint density at radius 1 is 0.917 bits per heavy atom. The quantitative estimate of drug-likeness (QED) is 0.391. The molecule has 1 saturated carbocycles. The van der Waals surface area contributed by atoms with Gasteiger partial charge in [0, 0.05) is 17.2 Å². The molecule has 0 saturated heterocycles. The maximum atomic E-state index is 13.5. The summed E-state index contributed by atoms with van der Waals surface area (Å²) in [5.41, 5.74) is 3.24. The number of carbonyl (C=O) groups excluding carboxylic acids is 2. The zero-order valence-electron chi connectivity index (χ0n) is 19.6. The first-order valence-corrected chi connectivity index (χ1v) is 12.0. The lowest BCUT2D eigenvalue weighted by molar-refractivity contribution is -0.138. The number of amides is 2. The molecule has 2 atom stereocenters. The first kappa shape index (κ1) is 24.5. The minimum Gasteiger partial charge on any atom is -0.480 e. The maximum absolute atomic E-state index is 13.5. The summed E-state index contributed by atoms with van der Waals surface area (Å²) in [6.07, 6.45) is 2.75. The summed E-state index contributed by atoms with van der Waals surface area (Å²) in [6, 6.07) is 8.86. The lowest BCUT2D eigenvalue weighted by Gasteiger charge is -2.39. The highest BCUT2D eigenvalue weighted by Crippen LogP contribution is 2.26. The van der Waals surface area contributed by atoms with Crippen molar-refractivity contribution in [3.63, 3.8) is 0 Å². The normalized spacial score (nSPS) is 20.6. The van der Waals surface area contributed by atoms with E-state index in [-0.39, 0.29) is 24.7 Å². The van der Waals surface area contributed by atoms with E-state index in [2.05, 4.69) is 5.32 Å². The van der Waals surface area contributed by atoms with Crippen LogP contribution in [0.25, 0.3) is 0 Å². The van der Waals surface area contributed by atoms with Crippen molar-refractivity contribution in [3.8, 4) is 0 Å². The predicted molar refractivity (Wildman–Crippen MR) is 130 cm³/mol. The van der Waals surface area contributed by atoms with Crippen LogP contribution in [-0.4, -0.2) is 70.7 Å². The lowest BCUT2D eigenvalue weighted by atomic mass is 9.78. The van der Waals surface area contributed by atoms with Crippen LogP contribution < -0.4 is 16.2 Å². The van der Waals surface area contributed by atoms with Gasteiger partial charge in [-0.05, 0) is 59.2 Å². The van der Waals surface area contributed by atoms with Crippen molar-refractivity contribution < 1.29 is 38.8 Å². The Kier molecular flexibility index (Phi) is 6.85. The molecule has 2 amide bonds. The van der Waals surface area contributed by atoms with E-state index in [1.807, 2.05) is 0 Å². The average Bonchev–Trinajstić information content (AvgIpc) is 3.44. The van der Waals surface area contributed by atoms with Gasteiger partial charge in [-0.3, -0.25) is 14.4 Å². The van der Waals surface area contributed by atoms with Gasteiger partial charge in [0.1, 0.15) is 6.54 Å². The number of fused-ring (bicyclic) bond motifs is 2. The summed E-state index contributed by atoms with van der Waals surface area (Å²) in [5.74, 6) is -2.01. The molecule has 36 heavy (non-hydrogen) atoms. The number of rotatable bonds is 6. The van der Waals surface area contributed by atoms with E-state index in [4.69, 9.17) is 9.31 Å². The minimum atomic E-state index is -1.16. The van der Waals surface area contributed by atoms with Crippen LogP contribution in [0.5, 0.6) is 0 Å². The maximum Gasteiger partial charge on any atom is 0.491 e. The first-order chi connectivity index (χ1) is 17.3. The van der Waals surface area contributed by atoms with Crippen LogP contribution in [-0.2, 0) is 27.3 Å². The van der Waals surface area contributed by atoms with Crippen molar-refractivity contribution in [1.82, 2.24) is 10.2 Å². The second-order valence-corrected chi connectivity index (χ2v) is 9.41. The van der Waals surface area contributed by atoms with Crippen LogP contribution in [0.1, 0.15) is 57.5 Å². The summed E-state index contributed by atoms with van der Waals surface area (Å²) in [6.45, 7) is 0.00196. The Labute approximate surface area is 208 Å². The topological polar surface area (TPSA) is 146 Å². The molecular formula is C24H26B2N2O8. The van der Waals surface area contributed by atoms with Crippen molar-refractivity contribution in [3.05, 3.63) is 58.7 Å². The van der Waals surface area contributed by atoms with Gasteiger partial charge in [0.05, 0.1) is 19.3 Å². The number of nitrogens with zero attached hydrogens (tertiary/aromatic N) is 1. The molecule has 10 nitrogen and oxygen atoms in total. The van der Waals surface area contributed by atoms with E-state index in [9.17, 15) is 29.5 Å². The van der Waals surface area contributed by atoms with Crippen molar-refractivity contribution in [2.24, 2.45) is 0 Å². The summed E-state index contributed by atoms with van der Waals surface area (Å²) in [5, 5.41) is 32.6. The standard InChI is InChI=1S/C24H26B2N2O8/c29-22(30)11-28(24(32)15-6-8-17-13-36-26(34)19(17)10-15)21-4-2-1-3-20(21)27-23(31)14-5-7-16-12-35-25(33)18(16)9-14/h5-10,20-21,33-34H,1-4,11-13H2,(H,27,31)(H,29,30)/t20-,21-/m0/s1. The highest BCUT2D eigenvalue weighted by molar-refractivity contribution is 6.62. The van der Waals surface area contributed by atoms with Crippen molar-refractivity contribution in [2.75, 3.05) is 6.54 Å². The van der Waals surface area contributed by atoms with E-state index in [1.54, 1.807) is 36.4 Å². The third-order valence-corrected chi connectivity index (χ3v) is 7.14. The Morgan fingerprint density at radius 2 is 1.50 bits per heavy atom. The molecule has 5 rings (SSSR count). The smallest absolute Gasteiger partial charge is 0.480 e. The van der Waals surface area contributed by atoms with Crippen molar-refractivity contribution in [2.45, 2.75) is 51.0 Å². The van der Waals surface area contributed by atoms with E-state index in [0.29, 0.717) is 29.3 Å². The predicted octanol–water partition coefficient (Wildman–Crippen LogP) is -0.610. The molecule has 186 valence electrons. The molecule has 0 bridgehead atoms. The van der Waals surface area contributed by atoms with Gasteiger partial charge < -0.3 is 34.7 Å². The molecule has 2 heterocycles. The fourth-order valence-corrected chi connectivity index (χ4v) is 5.26. The summed E-state index contributed by atoms with van der Waals surface area (Å²) < 4.78 is 10.4. The number of nitrogens with one attached hydrogen (secondary N) is 1. The van der Waals surface area contributed by atoms with Crippen LogP contribution in [0.3, 0.4) is 0 Å². The van der Waals surface area contributed by atoms with E-state index >= 15 is 0 Å². The van der Waals surface area contributed by atoms with Crippen molar-refractivity contribution >= 4 is 42.9 Å². The zero-order chi connectivity index (χ0) is 25.4. The molecule has 0 radical (unpaired) electrons. The fourth-order valence-electron chi connectivity index (χ4n) is 5.26. The van der Waals surface area contributed by atoms with Gasteiger partial charge >= 0.3 is 20.2 Å². The van der Waals surface area contributed by atoms with Gasteiger partial charge in [-0.2, -0.15) is 0 Å². The first-order valence-electron chi connectivity index (χ1n) is 12.0. The SMILES string of the molecule is O=C(O)CN(C(=O)c1ccc2c(c1)B(O)OC2)[C@H]1CCCC[C@@H]1NC(=O)c1ccc2c(c1)B(O)OC2. The monoisotopic (exact) mass is 492 g/mol. The fraction of sp³-hybridized carbons (Fsp3) is 0.375. The molecule has 0 spiro atoms. The number of benzene rings is 2. The second-order valence-electron chi connectivity index (χ2n) is 9.41. The molecule has 2 aliphatic heterocycles. The zero-order valence-corrected chi connectivity index (χ0v) is 19.6. The van der Waals surface area contributed by atoms with E-state index in [0.717, 1.165) is 24.0 Å². The highest BCUT2D eigenvalue weighted by Gasteiger charge is 2.37. The molecule has 4 N–H and O–H groups in total. The third kappa shape index (κ3) is 4.77. The largest absolute Gasteiger partial charge is 0.491 e. The number of carboxylic acids is 1. The van der Waals surface area contributed by atoms with Crippen LogP contribution >= 0.6 is 0 Å². The molecule has 2 aromatic carbocycles. The number of aliphatic carboxylic acids is 1. The summed E-state index contributed by atoms with van der Waals surface area (Å²) >= 11 is 0. The van der Waals surface area contributed by atoms with Gasteiger partial charge in [-0.15, -0.1) is 0 Å². The molecule has 2 aromatic rings. The Bertz CT molecular complexity index is 1210. The molecule has 1 fully saturated rings. The number of hydrogen-bond acceptors (Lipinski definition) is 7. The van der Waals surface area contributed by atoms with E-state index < -0.39 is 44.7 Å². The molecule has 3 aliphatic rings. The molecule has 0 unspecified atom stereocenters. The average molecular weight is 492 g/mol. The lowest BCUT2D eigenvalue weighted by Crippen LogP contribution is -2.56. The van der Waals surface area contributed by atoms with Gasteiger partial charge in [0.2, 0.25) is 0 Å². The van der Waals surface area contributed by atoms with Gasteiger partial charge in [-0.1, -0.05) is 25.0 Å². The van der Waals surface area contributed by atoms with Crippen LogP contribution in [0, 0.1) is 0 Å². The molecule has 12 heteroatoms. The Hall–Kier alpha value is -3.18. The van der Waals surface area contributed by atoms with Crippen LogP contribution in [0.4, 0.5) is 0 Å². The molecule has 1 aliphatic carbocycles. The molecular weight excluding hydrogens is 466 g/mol. The van der Waals surface area contributed by atoms with Crippen LogP contribution in [0.15, 0.2) is 36.4 Å². The Morgan fingerprint density at radius 3 is 2.14 bits per heavy atom. The number of hydrogen-bond donors (Lipinski definition) is 4. The second kappa shape index (κ2) is 10.1. The van der Waals surface area contributed by atoms with Gasteiger partial charge in [0.25, 0.3) is 11.8 Å². The number of carbonyl (C=O) groups is 3. The molecule has 0 aromatic heterocycles. The number of carboxylic acid groups (broad SMARTS) is 1. The van der Waals surface area contributed by atoms with Gasteiger partial charge in [-0.25, -0.2) is 0 Å². The van der Waals surface area contributed by atoms with Crippen LogP contribution in [0.2, 0.25) is 0 Å².